The second-order valence-electron chi connectivity index (χ2n) is 7.00. The molecule has 0 bridgehead atoms. The molecule has 0 fully saturated rings. The van der Waals surface area contributed by atoms with Crippen LogP contribution in [0.25, 0.3) is 6.08 Å². The number of carbonyl (C=O) groups is 2. The lowest BCUT2D eigenvalue weighted by atomic mass is 10.1. The van der Waals surface area contributed by atoms with Gasteiger partial charge in [0.15, 0.2) is 11.5 Å². The van der Waals surface area contributed by atoms with Gasteiger partial charge in [0.05, 0.1) is 20.3 Å². The lowest BCUT2D eigenvalue weighted by Crippen LogP contribution is -2.11. The highest BCUT2D eigenvalue weighted by atomic mass is 16.6. The molecule has 0 atom stereocenters. The normalized spacial score (nSPS) is 10.8. The first kappa shape index (κ1) is 24.5. The number of hydrogen-bond donors (Lipinski definition) is 0. The molecular weight excluding hydrogens is 410 g/mol. The number of esters is 2. The molecule has 2 aromatic rings. The molecule has 7 heteroatoms. The minimum Gasteiger partial charge on any atom is -0.493 e. The Bertz CT molecular complexity index is 1040. The fourth-order valence-corrected chi connectivity index (χ4v) is 2.90. The first-order valence-corrected chi connectivity index (χ1v) is 10.3. The van der Waals surface area contributed by atoms with Crippen LogP contribution in [0.1, 0.15) is 36.5 Å². The number of benzene rings is 2. The van der Waals surface area contributed by atoms with Gasteiger partial charge < -0.3 is 18.9 Å². The Kier molecular flexibility index (Phi) is 9.30. The molecule has 0 saturated heterocycles. The molecule has 7 nitrogen and oxygen atoms in total. The fraction of sp³-hybridized carbons (Fsp3) is 0.320. The van der Waals surface area contributed by atoms with Crippen molar-refractivity contribution in [1.82, 2.24) is 0 Å². The van der Waals surface area contributed by atoms with E-state index in [1.54, 1.807) is 25.1 Å². The topological polar surface area (TPSA) is 94.9 Å². The van der Waals surface area contributed by atoms with E-state index < -0.39 is 11.9 Å². The summed E-state index contributed by atoms with van der Waals surface area (Å²) in [5.41, 5.74) is 2.61. The van der Waals surface area contributed by atoms with E-state index in [4.69, 9.17) is 24.2 Å². The van der Waals surface area contributed by atoms with Crippen LogP contribution < -0.4 is 14.2 Å². The Morgan fingerprint density at radius 3 is 2.47 bits per heavy atom. The summed E-state index contributed by atoms with van der Waals surface area (Å²) >= 11 is 0. The van der Waals surface area contributed by atoms with Crippen LogP contribution in [-0.2, 0) is 14.3 Å². The molecule has 0 saturated carbocycles. The highest BCUT2D eigenvalue weighted by Gasteiger charge is 2.13. The van der Waals surface area contributed by atoms with Crippen LogP contribution in [0, 0.1) is 25.2 Å². The van der Waals surface area contributed by atoms with Gasteiger partial charge >= 0.3 is 11.9 Å². The standard InChI is InChI=1S/C25H27NO6/c1-5-30-25(28)20(16-26)14-19-9-11-22(23(15-19)29-4)32-24(27)7-6-12-31-21-10-8-17(2)13-18(21)3/h8-11,13-15H,5-7,12H2,1-4H3. The van der Waals surface area contributed by atoms with Gasteiger partial charge in [0, 0.05) is 6.42 Å². The summed E-state index contributed by atoms with van der Waals surface area (Å²) in [6.45, 7) is 6.23. The number of ether oxygens (including phenoxy) is 4. The Hall–Kier alpha value is -3.79. The van der Waals surface area contributed by atoms with Crippen LogP contribution in [0.4, 0.5) is 0 Å². The van der Waals surface area contributed by atoms with Gasteiger partial charge in [0.1, 0.15) is 17.4 Å². The van der Waals surface area contributed by atoms with Crippen molar-refractivity contribution >= 4 is 18.0 Å². The number of rotatable bonds is 10. The fourth-order valence-electron chi connectivity index (χ4n) is 2.90. The number of aryl methyl sites for hydroxylation is 2. The summed E-state index contributed by atoms with van der Waals surface area (Å²) in [5, 5.41) is 9.16. The maximum Gasteiger partial charge on any atom is 0.348 e. The van der Waals surface area contributed by atoms with E-state index in [0.29, 0.717) is 24.3 Å². The molecule has 32 heavy (non-hydrogen) atoms. The molecule has 0 unspecified atom stereocenters. The van der Waals surface area contributed by atoms with E-state index in [-0.39, 0.29) is 24.4 Å². The predicted molar refractivity (Wildman–Crippen MR) is 119 cm³/mol. The molecule has 0 aliphatic carbocycles. The van der Waals surface area contributed by atoms with Crippen LogP contribution in [0.2, 0.25) is 0 Å². The minimum atomic E-state index is -0.701. The Balaban J connectivity index is 1.94. The number of methoxy groups -OCH3 is 1. The SMILES string of the molecule is CCOC(=O)C(C#N)=Cc1ccc(OC(=O)CCCOc2ccc(C)cc2C)c(OC)c1. The van der Waals surface area contributed by atoms with Gasteiger partial charge in [0.2, 0.25) is 0 Å². The van der Waals surface area contributed by atoms with Gasteiger partial charge in [-0.1, -0.05) is 23.8 Å². The van der Waals surface area contributed by atoms with Crippen molar-refractivity contribution in [1.29, 1.82) is 5.26 Å². The van der Waals surface area contributed by atoms with Crippen molar-refractivity contribution in [2.75, 3.05) is 20.3 Å². The van der Waals surface area contributed by atoms with Crippen molar-refractivity contribution in [3.63, 3.8) is 0 Å². The Labute approximate surface area is 188 Å². The highest BCUT2D eigenvalue weighted by Crippen LogP contribution is 2.29. The summed E-state index contributed by atoms with van der Waals surface area (Å²) in [5.74, 6) is 0.237. The average Bonchev–Trinajstić information content (AvgIpc) is 2.77. The third kappa shape index (κ3) is 7.17. The van der Waals surface area contributed by atoms with Crippen LogP contribution in [0.3, 0.4) is 0 Å². The van der Waals surface area contributed by atoms with E-state index in [9.17, 15) is 9.59 Å². The van der Waals surface area contributed by atoms with E-state index in [2.05, 4.69) is 0 Å². The number of carbonyl (C=O) groups excluding carboxylic acids is 2. The predicted octanol–water partition coefficient (Wildman–Crippen LogP) is 4.55. The quantitative estimate of drug-likeness (QED) is 0.177. The van der Waals surface area contributed by atoms with Gasteiger partial charge in [-0.15, -0.1) is 0 Å². The third-order valence-electron chi connectivity index (χ3n) is 4.45. The molecule has 0 heterocycles. The molecule has 2 rings (SSSR count). The molecule has 0 spiro atoms. The summed E-state index contributed by atoms with van der Waals surface area (Å²) in [4.78, 5) is 24.0. The zero-order valence-electron chi connectivity index (χ0n) is 18.8. The second kappa shape index (κ2) is 12.2. The number of hydrogen-bond acceptors (Lipinski definition) is 7. The van der Waals surface area contributed by atoms with E-state index >= 15 is 0 Å². The molecule has 0 aliphatic heterocycles. The summed E-state index contributed by atoms with van der Waals surface area (Å²) in [6.07, 6.45) is 2.06. The van der Waals surface area contributed by atoms with E-state index in [0.717, 1.165) is 11.3 Å². The lowest BCUT2D eigenvalue weighted by molar-refractivity contribution is -0.138. The number of nitriles is 1. The van der Waals surface area contributed by atoms with Crippen LogP contribution in [0.15, 0.2) is 42.0 Å². The zero-order valence-corrected chi connectivity index (χ0v) is 18.8. The van der Waals surface area contributed by atoms with Gasteiger partial charge in [0.25, 0.3) is 0 Å². The molecular formula is C25H27NO6. The van der Waals surface area contributed by atoms with E-state index in [1.165, 1.54) is 18.7 Å². The summed E-state index contributed by atoms with van der Waals surface area (Å²) < 4.78 is 21.3. The third-order valence-corrected chi connectivity index (χ3v) is 4.45. The molecule has 0 aromatic heterocycles. The highest BCUT2D eigenvalue weighted by molar-refractivity contribution is 5.98. The zero-order chi connectivity index (χ0) is 23.5. The Morgan fingerprint density at radius 1 is 1.06 bits per heavy atom. The van der Waals surface area contributed by atoms with Crippen molar-refractivity contribution in [3.05, 3.63) is 58.7 Å². The molecule has 0 N–H and O–H groups in total. The maximum absolute atomic E-state index is 12.2. The van der Waals surface area contributed by atoms with Crippen LogP contribution in [0.5, 0.6) is 17.2 Å². The van der Waals surface area contributed by atoms with Gasteiger partial charge in [-0.2, -0.15) is 5.26 Å². The van der Waals surface area contributed by atoms with Gasteiger partial charge in [-0.25, -0.2) is 4.79 Å². The van der Waals surface area contributed by atoms with Crippen LogP contribution in [-0.4, -0.2) is 32.3 Å². The van der Waals surface area contributed by atoms with Crippen molar-refractivity contribution in [2.24, 2.45) is 0 Å². The molecule has 2 aromatic carbocycles. The first-order chi connectivity index (χ1) is 15.4. The molecule has 0 radical (unpaired) electrons. The molecule has 0 amide bonds. The van der Waals surface area contributed by atoms with Crippen molar-refractivity contribution in [3.8, 4) is 23.3 Å². The minimum absolute atomic E-state index is 0.137. The maximum atomic E-state index is 12.2. The smallest absolute Gasteiger partial charge is 0.348 e. The average molecular weight is 437 g/mol. The van der Waals surface area contributed by atoms with Gasteiger partial charge in [-0.05, 0) is 62.6 Å². The summed E-state index contributed by atoms with van der Waals surface area (Å²) in [7, 11) is 1.44. The van der Waals surface area contributed by atoms with Gasteiger partial charge in [-0.3, -0.25) is 4.79 Å². The van der Waals surface area contributed by atoms with Crippen molar-refractivity contribution in [2.45, 2.75) is 33.6 Å². The van der Waals surface area contributed by atoms with Crippen LogP contribution >= 0.6 is 0 Å². The number of nitrogens with zero attached hydrogens (tertiary/aromatic N) is 1. The lowest BCUT2D eigenvalue weighted by Gasteiger charge is -2.11. The largest absolute Gasteiger partial charge is 0.493 e. The first-order valence-electron chi connectivity index (χ1n) is 10.3. The molecule has 0 aliphatic rings. The Morgan fingerprint density at radius 2 is 1.81 bits per heavy atom. The summed E-state index contributed by atoms with van der Waals surface area (Å²) in [6, 6.07) is 12.5. The second-order valence-corrected chi connectivity index (χ2v) is 7.00. The van der Waals surface area contributed by atoms with Crippen molar-refractivity contribution < 1.29 is 28.5 Å². The molecule has 168 valence electrons. The van der Waals surface area contributed by atoms with E-state index in [1.807, 2.05) is 38.1 Å². The monoisotopic (exact) mass is 437 g/mol.